The molecule has 2 saturated heterocycles. The van der Waals surface area contributed by atoms with Gasteiger partial charge in [-0.2, -0.15) is 4.98 Å². The third-order valence-electron chi connectivity index (χ3n) is 12.1. The summed E-state index contributed by atoms with van der Waals surface area (Å²) in [6, 6.07) is 9.27. The van der Waals surface area contributed by atoms with Crippen molar-refractivity contribution < 1.29 is 19.2 Å². The minimum atomic E-state index is -0.608. The predicted molar refractivity (Wildman–Crippen MR) is 217 cm³/mol. The van der Waals surface area contributed by atoms with Crippen LogP contribution < -0.4 is 26.0 Å². The van der Waals surface area contributed by atoms with Crippen LogP contribution in [0.5, 0.6) is 0 Å². The zero-order chi connectivity index (χ0) is 39.8. The number of fused-ring (bicyclic) bond motifs is 2. The molecule has 3 fully saturated rings. The second-order valence-electron chi connectivity index (χ2n) is 15.8. The van der Waals surface area contributed by atoms with Crippen LogP contribution in [-0.4, -0.2) is 105 Å². The molecule has 6 heterocycles. The first kappa shape index (κ1) is 38.2. The number of ketones is 1. The van der Waals surface area contributed by atoms with E-state index in [2.05, 4.69) is 54.5 Å². The van der Waals surface area contributed by atoms with Crippen LogP contribution in [0, 0.1) is 6.92 Å². The fraction of sp³-hybridized carbons (Fsp3) is 0.476. The molecule has 0 radical (unpaired) electrons. The van der Waals surface area contributed by atoms with Crippen LogP contribution in [-0.2, 0) is 16.1 Å². The summed E-state index contributed by atoms with van der Waals surface area (Å²) in [5, 5.41) is 6.30. The fourth-order valence-electron chi connectivity index (χ4n) is 8.91. The van der Waals surface area contributed by atoms with E-state index in [1.807, 2.05) is 24.4 Å². The number of hydrogen-bond donors (Lipinski definition) is 2. The van der Waals surface area contributed by atoms with Crippen LogP contribution in [0.4, 0.5) is 23.1 Å². The number of aromatic nitrogens is 4. The minimum Gasteiger partial charge on any atom is -0.375 e. The summed E-state index contributed by atoms with van der Waals surface area (Å²) < 4.78 is 1.72. The number of anilines is 4. The lowest BCUT2D eigenvalue weighted by atomic mass is 10.0. The number of carbonyl (C=O) groups is 4. The number of piperidine rings is 1. The summed E-state index contributed by atoms with van der Waals surface area (Å²) in [5.74, 6) is -0.108. The largest absolute Gasteiger partial charge is 0.375 e. The molecule has 0 spiro atoms. The van der Waals surface area contributed by atoms with Gasteiger partial charge in [-0.3, -0.25) is 38.8 Å². The highest BCUT2D eigenvalue weighted by molar-refractivity contribution is 6.05. The first-order valence-electron chi connectivity index (χ1n) is 20.2. The van der Waals surface area contributed by atoms with Gasteiger partial charge in [0.2, 0.25) is 17.8 Å². The molecule has 4 aliphatic rings. The average Bonchev–Trinajstić information content (AvgIpc) is 3.85. The van der Waals surface area contributed by atoms with E-state index in [-0.39, 0.29) is 41.2 Å². The molecule has 1 aliphatic carbocycles. The van der Waals surface area contributed by atoms with Gasteiger partial charge in [0, 0.05) is 81.6 Å². The number of Topliss-reactive ketones (excluding diaryl/α,β-unsaturated/α-hetero) is 1. The van der Waals surface area contributed by atoms with Gasteiger partial charge in [-0.25, -0.2) is 9.97 Å². The summed E-state index contributed by atoms with van der Waals surface area (Å²) in [6.07, 6.45) is 10.1. The van der Waals surface area contributed by atoms with E-state index in [9.17, 15) is 24.0 Å². The maximum atomic E-state index is 13.6. The van der Waals surface area contributed by atoms with E-state index in [0.29, 0.717) is 46.9 Å². The van der Waals surface area contributed by atoms with Crippen molar-refractivity contribution in [1.82, 2.24) is 34.6 Å². The Kier molecular flexibility index (Phi) is 10.7. The van der Waals surface area contributed by atoms with E-state index < -0.39 is 11.9 Å². The number of nitrogens with one attached hydrogen (secondary N) is 2. The van der Waals surface area contributed by atoms with Gasteiger partial charge in [0.15, 0.2) is 5.78 Å². The lowest BCUT2D eigenvalue weighted by Gasteiger charge is -2.36. The summed E-state index contributed by atoms with van der Waals surface area (Å²) in [5.41, 5.74) is 4.77. The molecule has 15 heteroatoms. The Labute approximate surface area is 331 Å². The number of carbonyl (C=O) groups excluding carboxylic acids is 4. The summed E-state index contributed by atoms with van der Waals surface area (Å²) >= 11 is 0. The zero-order valence-electron chi connectivity index (χ0n) is 32.9. The highest BCUT2D eigenvalue weighted by Gasteiger charge is 2.39. The third kappa shape index (κ3) is 7.72. The number of imide groups is 1. The van der Waals surface area contributed by atoms with Crippen molar-refractivity contribution in [3.05, 3.63) is 75.3 Å². The molecule has 0 bridgehead atoms. The Morgan fingerprint density at radius 2 is 1.75 bits per heavy atom. The highest BCUT2D eigenvalue weighted by Crippen LogP contribution is 2.33. The van der Waals surface area contributed by atoms with Crippen molar-refractivity contribution in [1.29, 1.82) is 0 Å². The molecule has 1 saturated carbocycles. The van der Waals surface area contributed by atoms with Gasteiger partial charge in [-0.05, 0) is 94.0 Å². The van der Waals surface area contributed by atoms with Gasteiger partial charge in [-0.1, -0.05) is 12.8 Å². The lowest BCUT2D eigenvalue weighted by Crippen LogP contribution is -2.52. The van der Waals surface area contributed by atoms with Crippen LogP contribution in [0.3, 0.4) is 0 Å². The monoisotopic (exact) mass is 774 g/mol. The normalized spacial score (nSPS) is 19.0. The Morgan fingerprint density at radius 3 is 2.47 bits per heavy atom. The van der Waals surface area contributed by atoms with Crippen LogP contribution in [0.2, 0.25) is 0 Å². The standard InChI is InChI=1S/C42H50N10O5/c1-26-33-24-44-42(47-38(33)52(29-8-4-5-9-29)41(57)37(26)27(2)53)45-35-14-11-31(23-43-35)50-20-18-49(19-21-50)17-7-6-16-48(3)30-10-12-32-28(22-30)25-51(40(32)56)34-13-15-36(54)46-39(34)55/h10-12,14,22-24,29,34H,4-9,13,15-21,25H2,1-3H3,(H,46,54,55)(H,43,44,45,47). The van der Waals surface area contributed by atoms with Crippen LogP contribution in [0.1, 0.15) is 96.2 Å². The van der Waals surface area contributed by atoms with Crippen molar-refractivity contribution >= 4 is 57.7 Å². The molecule has 2 N–H and O–H groups in total. The first-order valence-corrected chi connectivity index (χ1v) is 20.2. The molecule has 3 aliphatic heterocycles. The summed E-state index contributed by atoms with van der Waals surface area (Å²) in [6.45, 7) is 9.28. The molecule has 3 aromatic heterocycles. The Balaban J connectivity index is 0.807. The smallest absolute Gasteiger partial charge is 0.263 e. The number of benzene rings is 1. The van der Waals surface area contributed by atoms with Gasteiger partial charge < -0.3 is 20.0 Å². The van der Waals surface area contributed by atoms with Crippen molar-refractivity contribution in [2.45, 2.75) is 83.8 Å². The molecule has 298 valence electrons. The molecular weight excluding hydrogens is 725 g/mol. The van der Waals surface area contributed by atoms with Crippen LogP contribution in [0.15, 0.2) is 47.5 Å². The number of rotatable bonds is 12. The van der Waals surface area contributed by atoms with E-state index in [1.54, 1.807) is 22.6 Å². The fourth-order valence-corrected chi connectivity index (χ4v) is 8.91. The van der Waals surface area contributed by atoms with Crippen LogP contribution >= 0.6 is 0 Å². The van der Waals surface area contributed by atoms with Crippen molar-refractivity contribution in [2.24, 2.45) is 0 Å². The van der Waals surface area contributed by atoms with E-state index in [1.165, 1.54) is 6.92 Å². The molecule has 3 amide bonds. The number of aryl methyl sites for hydroxylation is 1. The minimum absolute atomic E-state index is 0.0150. The molecule has 1 aromatic carbocycles. The van der Waals surface area contributed by atoms with E-state index in [0.717, 1.165) is 94.7 Å². The lowest BCUT2D eigenvalue weighted by molar-refractivity contribution is -0.136. The Morgan fingerprint density at radius 1 is 0.965 bits per heavy atom. The van der Waals surface area contributed by atoms with E-state index >= 15 is 0 Å². The number of unbranched alkanes of at least 4 members (excludes halogenated alkanes) is 1. The van der Waals surface area contributed by atoms with Gasteiger partial charge in [0.05, 0.1) is 17.4 Å². The third-order valence-corrected chi connectivity index (χ3v) is 12.1. The summed E-state index contributed by atoms with van der Waals surface area (Å²) in [4.78, 5) is 85.7. The van der Waals surface area contributed by atoms with Gasteiger partial charge in [-0.15, -0.1) is 0 Å². The van der Waals surface area contributed by atoms with Crippen molar-refractivity contribution in [3.8, 4) is 0 Å². The Bertz CT molecular complexity index is 2280. The zero-order valence-corrected chi connectivity index (χ0v) is 32.9. The van der Waals surface area contributed by atoms with Crippen LogP contribution in [0.25, 0.3) is 11.0 Å². The number of pyridine rings is 2. The molecule has 1 atom stereocenters. The maximum Gasteiger partial charge on any atom is 0.263 e. The van der Waals surface area contributed by atoms with Gasteiger partial charge in [0.25, 0.3) is 11.5 Å². The predicted octanol–water partition coefficient (Wildman–Crippen LogP) is 4.36. The molecule has 4 aromatic rings. The van der Waals surface area contributed by atoms with Gasteiger partial charge >= 0.3 is 0 Å². The number of nitrogens with zero attached hydrogens (tertiary/aromatic N) is 8. The first-order chi connectivity index (χ1) is 27.5. The maximum absolute atomic E-state index is 13.6. The topological polar surface area (TPSA) is 166 Å². The number of amides is 3. The molecule has 8 rings (SSSR count). The SMILES string of the molecule is CC(=O)c1c(C)c2cnc(Nc3ccc(N4CCN(CCCCN(C)c5ccc6c(c5)CN(C5CCC(=O)NC5=O)C6=O)CC4)cn3)nc2n(C2CCCC2)c1=O. The van der Waals surface area contributed by atoms with Gasteiger partial charge in [0.1, 0.15) is 17.5 Å². The molecular formula is C42H50N10O5. The van der Waals surface area contributed by atoms with Crippen molar-refractivity contribution in [3.63, 3.8) is 0 Å². The molecule has 57 heavy (non-hydrogen) atoms. The Hall–Kier alpha value is -5.70. The second-order valence-corrected chi connectivity index (χ2v) is 15.8. The highest BCUT2D eigenvalue weighted by atomic mass is 16.2. The van der Waals surface area contributed by atoms with E-state index in [4.69, 9.17) is 4.98 Å². The van der Waals surface area contributed by atoms with Crippen molar-refractivity contribution in [2.75, 3.05) is 61.4 Å². The number of hydrogen-bond acceptors (Lipinski definition) is 12. The second kappa shape index (κ2) is 16.0. The molecule has 1 unspecified atom stereocenters. The summed E-state index contributed by atoms with van der Waals surface area (Å²) in [7, 11) is 2.07. The number of piperazine rings is 1. The average molecular weight is 775 g/mol. The quantitative estimate of drug-likeness (QED) is 0.119. The molecule has 15 nitrogen and oxygen atoms in total.